The Morgan fingerprint density at radius 2 is 1.91 bits per heavy atom. The standard InChI is InChI=1S/C21H18ClFN4O5.ClH/c22-13-1-4-17(16(23)7-13)26-21-15-3-2-14(8-18(15)24-11-25-21)32-12-30-6-5-27-19(28)9-31-10-20(27)29;/h1-4,7-8,11H,5-6,9-10,12H2,(H,24,25,26);1H. The molecule has 1 aliphatic rings. The number of amides is 2. The summed E-state index contributed by atoms with van der Waals surface area (Å²) in [4.78, 5) is 32.8. The van der Waals surface area contributed by atoms with Crippen LogP contribution in [0, 0.1) is 5.82 Å². The zero-order chi connectivity index (χ0) is 22.5. The van der Waals surface area contributed by atoms with Gasteiger partial charge in [0.15, 0.2) is 6.79 Å². The molecule has 0 atom stereocenters. The van der Waals surface area contributed by atoms with Crippen molar-refractivity contribution in [2.75, 3.05) is 38.5 Å². The van der Waals surface area contributed by atoms with Crippen molar-refractivity contribution in [2.45, 2.75) is 0 Å². The number of hydrogen-bond donors (Lipinski definition) is 1. The molecule has 1 N–H and O–H groups in total. The first-order chi connectivity index (χ1) is 15.5. The van der Waals surface area contributed by atoms with Gasteiger partial charge >= 0.3 is 0 Å². The predicted octanol–water partition coefficient (Wildman–Crippen LogP) is 3.33. The highest BCUT2D eigenvalue weighted by Crippen LogP contribution is 2.28. The molecule has 1 aliphatic heterocycles. The summed E-state index contributed by atoms with van der Waals surface area (Å²) in [6.07, 6.45) is 1.36. The van der Waals surface area contributed by atoms with Crippen LogP contribution < -0.4 is 10.1 Å². The number of morpholine rings is 1. The fourth-order valence-electron chi connectivity index (χ4n) is 3.04. The lowest BCUT2D eigenvalue weighted by molar-refractivity contribution is -0.159. The Morgan fingerprint density at radius 3 is 2.67 bits per heavy atom. The molecular formula is C21H19Cl2FN4O5. The van der Waals surface area contributed by atoms with Crippen molar-refractivity contribution in [1.29, 1.82) is 0 Å². The first kappa shape index (κ1) is 24.6. The third-order valence-corrected chi connectivity index (χ3v) is 4.85. The summed E-state index contributed by atoms with van der Waals surface area (Å²) in [5, 5.41) is 3.91. The summed E-state index contributed by atoms with van der Waals surface area (Å²) >= 11 is 5.79. The van der Waals surface area contributed by atoms with Gasteiger partial charge in [0.25, 0.3) is 11.8 Å². The molecule has 1 aromatic heterocycles. The number of fused-ring (bicyclic) bond motifs is 1. The SMILES string of the molecule is Cl.O=C1COCC(=O)N1CCOCOc1ccc2c(Nc3ccc(Cl)cc3F)ncnc2c1. The molecule has 0 aliphatic carbocycles. The number of hydrogen-bond acceptors (Lipinski definition) is 8. The zero-order valence-electron chi connectivity index (χ0n) is 17.1. The minimum absolute atomic E-state index is 0. The van der Waals surface area contributed by atoms with E-state index in [-0.39, 0.29) is 63.1 Å². The molecule has 33 heavy (non-hydrogen) atoms. The largest absolute Gasteiger partial charge is 0.467 e. The van der Waals surface area contributed by atoms with Crippen molar-refractivity contribution in [3.8, 4) is 5.75 Å². The summed E-state index contributed by atoms with van der Waals surface area (Å²) < 4.78 is 29.9. The van der Waals surface area contributed by atoms with Crippen LogP contribution in [0.3, 0.4) is 0 Å². The van der Waals surface area contributed by atoms with Crippen molar-refractivity contribution in [3.63, 3.8) is 0 Å². The van der Waals surface area contributed by atoms with Crippen molar-refractivity contribution >= 4 is 58.2 Å². The van der Waals surface area contributed by atoms with Gasteiger partial charge < -0.3 is 19.5 Å². The van der Waals surface area contributed by atoms with E-state index in [0.717, 1.165) is 4.90 Å². The van der Waals surface area contributed by atoms with E-state index in [1.54, 1.807) is 24.3 Å². The van der Waals surface area contributed by atoms with E-state index in [1.807, 2.05) is 0 Å². The molecule has 0 bridgehead atoms. The van der Waals surface area contributed by atoms with Gasteiger partial charge in [0.05, 0.1) is 24.4 Å². The number of nitrogens with one attached hydrogen (secondary N) is 1. The second-order valence-corrected chi connectivity index (χ2v) is 7.19. The van der Waals surface area contributed by atoms with Crippen LogP contribution in [0.4, 0.5) is 15.9 Å². The third-order valence-electron chi connectivity index (χ3n) is 4.61. The summed E-state index contributed by atoms with van der Waals surface area (Å²) in [6, 6.07) is 9.45. The predicted molar refractivity (Wildman–Crippen MR) is 120 cm³/mol. The van der Waals surface area contributed by atoms with Crippen molar-refractivity contribution < 1.29 is 28.2 Å². The number of carbonyl (C=O) groups excluding carboxylic acids is 2. The Labute approximate surface area is 199 Å². The van der Waals surface area contributed by atoms with Gasteiger partial charge in [-0.15, -0.1) is 12.4 Å². The topological polar surface area (TPSA) is 103 Å². The van der Waals surface area contributed by atoms with E-state index >= 15 is 0 Å². The van der Waals surface area contributed by atoms with Crippen LogP contribution in [-0.4, -0.2) is 59.8 Å². The van der Waals surface area contributed by atoms with Crippen molar-refractivity contribution in [3.05, 3.63) is 53.6 Å². The van der Waals surface area contributed by atoms with E-state index < -0.39 is 5.82 Å². The number of halogens is 3. The average molecular weight is 497 g/mol. The van der Waals surface area contributed by atoms with Crippen molar-refractivity contribution in [2.24, 2.45) is 0 Å². The fraction of sp³-hybridized carbons (Fsp3) is 0.238. The maximum Gasteiger partial charge on any atom is 0.255 e. The fourth-order valence-corrected chi connectivity index (χ4v) is 3.20. The maximum atomic E-state index is 14.1. The molecule has 1 fully saturated rings. The van der Waals surface area contributed by atoms with Gasteiger partial charge in [0.1, 0.15) is 36.9 Å². The Balaban J connectivity index is 0.00000306. The molecule has 0 unspecified atom stereocenters. The Hall–Kier alpha value is -3.05. The van der Waals surface area contributed by atoms with E-state index in [2.05, 4.69) is 15.3 Å². The Kier molecular flexibility index (Phi) is 8.34. The lowest BCUT2D eigenvalue weighted by Gasteiger charge is -2.24. The van der Waals surface area contributed by atoms with E-state index in [9.17, 15) is 14.0 Å². The lowest BCUT2D eigenvalue weighted by Crippen LogP contribution is -2.47. The summed E-state index contributed by atoms with van der Waals surface area (Å²) in [7, 11) is 0. The molecule has 0 saturated carbocycles. The summed E-state index contributed by atoms with van der Waals surface area (Å²) in [5.74, 6) is -0.343. The van der Waals surface area contributed by atoms with Crippen LogP contribution >= 0.6 is 24.0 Å². The first-order valence-electron chi connectivity index (χ1n) is 9.59. The monoisotopic (exact) mass is 496 g/mol. The highest BCUT2D eigenvalue weighted by atomic mass is 35.5. The molecule has 12 heteroatoms. The number of aromatic nitrogens is 2. The number of anilines is 2. The molecule has 1 saturated heterocycles. The van der Waals surface area contributed by atoms with Gasteiger partial charge in [0, 0.05) is 16.5 Å². The molecule has 0 spiro atoms. The van der Waals surface area contributed by atoms with Crippen LogP contribution in [0.1, 0.15) is 0 Å². The van der Waals surface area contributed by atoms with Crippen LogP contribution in [0.15, 0.2) is 42.7 Å². The zero-order valence-corrected chi connectivity index (χ0v) is 18.7. The smallest absolute Gasteiger partial charge is 0.255 e. The minimum Gasteiger partial charge on any atom is -0.467 e. The maximum absolute atomic E-state index is 14.1. The number of nitrogens with zero attached hydrogens (tertiary/aromatic N) is 3. The number of imide groups is 1. The lowest BCUT2D eigenvalue weighted by atomic mass is 10.2. The van der Waals surface area contributed by atoms with E-state index in [4.69, 9.17) is 25.8 Å². The molecule has 3 aromatic rings. The molecule has 174 valence electrons. The van der Waals surface area contributed by atoms with Crippen LogP contribution in [-0.2, 0) is 19.1 Å². The normalized spacial score (nSPS) is 13.7. The third kappa shape index (κ3) is 6.05. The Bertz CT molecular complexity index is 1150. The summed E-state index contributed by atoms with van der Waals surface area (Å²) in [5.41, 5.74) is 0.819. The van der Waals surface area contributed by atoms with Gasteiger partial charge in [-0.3, -0.25) is 14.5 Å². The van der Waals surface area contributed by atoms with Crippen LogP contribution in [0.25, 0.3) is 10.9 Å². The molecule has 0 radical (unpaired) electrons. The Morgan fingerprint density at radius 1 is 1.12 bits per heavy atom. The molecule has 4 rings (SSSR count). The summed E-state index contributed by atoms with van der Waals surface area (Å²) in [6.45, 7) is -0.0324. The second-order valence-electron chi connectivity index (χ2n) is 6.75. The first-order valence-corrected chi connectivity index (χ1v) is 9.97. The molecular weight excluding hydrogens is 478 g/mol. The minimum atomic E-state index is -0.498. The van der Waals surface area contributed by atoms with Gasteiger partial charge in [-0.25, -0.2) is 14.4 Å². The molecule has 2 amide bonds. The van der Waals surface area contributed by atoms with Crippen molar-refractivity contribution in [1.82, 2.24) is 14.9 Å². The van der Waals surface area contributed by atoms with Gasteiger partial charge in [0.2, 0.25) is 0 Å². The highest BCUT2D eigenvalue weighted by molar-refractivity contribution is 6.30. The van der Waals surface area contributed by atoms with Gasteiger partial charge in [-0.1, -0.05) is 11.6 Å². The van der Waals surface area contributed by atoms with E-state index in [1.165, 1.54) is 18.5 Å². The number of ether oxygens (including phenoxy) is 3. The highest BCUT2D eigenvalue weighted by Gasteiger charge is 2.25. The van der Waals surface area contributed by atoms with E-state index in [0.29, 0.717) is 27.5 Å². The number of benzene rings is 2. The average Bonchev–Trinajstić information content (AvgIpc) is 2.77. The molecule has 2 aromatic carbocycles. The quantitative estimate of drug-likeness (QED) is 0.287. The van der Waals surface area contributed by atoms with Crippen LogP contribution in [0.2, 0.25) is 5.02 Å². The van der Waals surface area contributed by atoms with Crippen LogP contribution in [0.5, 0.6) is 5.75 Å². The number of carbonyl (C=O) groups is 2. The molecule has 2 heterocycles. The molecule has 9 nitrogen and oxygen atoms in total. The van der Waals surface area contributed by atoms with Gasteiger partial charge in [-0.05, 0) is 30.3 Å². The van der Waals surface area contributed by atoms with Gasteiger partial charge in [-0.2, -0.15) is 0 Å². The number of rotatable bonds is 8. The second kappa shape index (κ2) is 11.2.